The molecule has 3 aromatic carbocycles. The third kappa shape index (κ3) is 5.63. The van der Waals surface area contributed by atoms with Gasteiger partial charge in [-0.25, -0.2) is 9.59 Å². The number of hydrogen-bond donors (Lipinski definition) is 0. The molecule has 0 spiro atoms. The second kappa shape index (κ2) is 10.6. The zero-order valence-electron chi connectivity index (χ0n) is 18.0. The Morgan fingerprint density at radius 1 is 0.727 bits per heavy atom. The van der Waals surface area contributed by atoms with Crippen LogP contribution in [0.4, 0.5) is 0 Å². The second-order valence-electron chi connectivity index (χ2n) is 7.92. The van der Waals surface area contributed by atoms with Crippen LogP contribution in [0.2, 0.25) is 0 Å². The molecular formula is C28H24O5. The minimum Gasteiger partial charge on any atom is -0.462 e. The van der Waals surface area contributed by atoms with E-state index in [1.807, 2.05) is 42.5 Å². The Kier molecular flexibility index (Phi) is 7.10. The van der Waals surface area contributed by atoms with Gasteiger partial charge in [0.25, 0.3) is 0 Å². The summed E-state index contributed by atoms with van der Waals surface area (Å²) in [6.07, 6.45) is 2.81. The van der Waals surface area contributed by atoms with Crippen molar-refractivity contribution in [3.63, 3.8) is 0 Å². The molecule has 33 heavy (non-hydrogen) atoms. The maximum absolute atomic E-state index is 12.9. The van der Waals surface area contributed by atoms with Crippen molar-refractivity contribution in [2.75, 3.05) is 6.61 Å². The topological polar surface area (TPSA) is 69.7 Å². The Morgan fingerprint density at radius 3 is 1.88 bits per heavy atom. The normalized spacial score (nSPS) is 19.6. The van der Waals surface area contributed by atoms with Crippen LogP contribution in [-0.4, -0.2) is 30.4 Å². The lowest BCUT2D eigenvalue weighted by Crippen LogP contribution is -2.42. The number of carbonyl (C=O) groups is 3. The van der Waals surface area contributed by atoms with Gasteiger partial charge in [-0.3, -0.25) is 4.79 Å². The van der Waals surface area contributed by atoms with Crippen LogP contribution in [0.3, 0.4) is 0 Å². The number of allylic oxidation sites excluding steroid dienone is 1. The third-order valence-electron chi connectivity index (χ3n) is 5.72. The van der Waals surface area contributed by atoms with Crippen LogP contribution in [0.25, 0.3) is 0 Å². The zero-order valence-corrected chi connectivity index (χ0v) is 18.0. The summed E-state index contributed by atoms with van der Waals surface area (Å²) in [7, 11) is 0. The second-order valence-corrected chi connectivity index (χ2v) is 7.92. The fourth-order valence-corrected chi connectivity index (χ4v) is 3.95. The lowest BCUT2D eigenvalue weighted by atomic mass is 9.77. The average molecular weight is 440 g/mol. The first-order valence-corrected chi connectivity index (χ1v) is 10.9. The Hall–Kier alpha value is -3.99. The molecule has 0 amide bonds. The number of benzene rings is 3. The van der Waals surface area contributed by atoms with E-state index < -0.39 is 29.9 Å². The highest BCUT2D eigenvalue weighted by Crippen LogP contribution is 2.30. The zero-order chi connectivity index (χ0) is 23.0. The first kappa shape index (κ1) is 22.2. The van der Waals surface area contributed by atoms with Gasteiger partial charge in [0.05, 0.1) is 17.7 Å². The van der Waals surface area contributed by atoms with Gasteiger partial charge in [0.1, 0.15) is 6.10 Å². The molecule has 0 bridgehead atoms. The number of hydrogen-bond acceptors (Lipinski definition) is 5. The summed E-state index contributed by atoms with van der Waals surface area (Å²) >= 11 is 0. The van der Waals surface area contributed by atoms with Crippen molar-refractivity contribution in [2.24, 2.45) is 11.8 Å². The van der Waals surface area contributed by atoms with Gasteiger partial charge in [0.2, 0.25) is 0 Å². The predicted molar refractivity (Wildman–Crippen MR) is 124 cm³/mol. The molecule has 0 aromatic heterocycles. The highest BCUT2D eigenvalue weighted by Gasteiger charge is 2.39. The van der Waals surface area contributed by atoms with E-state index in [9.17, 15) is 14.4 Å². The molecule has 0 radical (unpaired) electrons. The Balaban J connectivity index is 1.56. The van der Waals surface area contributed by atoms with Crippen molar-refractivity contribution in [1.29, 1.82) is 0 Å². The molecule has 0 fully saturated rings. The smallest absolute Gasteiger partial charge is 0.338 e. The van der Waals surface area contributed by atoms with E-state index in [4.69, 9.17) is 9.47 Å². The van der Waals surface area contributed by atoms with Gasteiger partial charge in [-0.15, -0.1) is 0 Å². The average Bonchev–Trinajstić information content (AvgIpc) is 2.87. The van der Waals surface area contributed by atoms with Crippen LogP contribution in [0.15, 0.2) is 103 Å². The van der Waals surface area contributed by atoms with Gasteiger partial charge >= 0.3 is 11.9 Å². The molecule has 0 N–H and O–H groups in total. The van der Waals surface area contributed by atoms with Gasteiger partial charge in [-0.05, 0) is 48.4 Å². The van der Waals surface area contributed by atoms with Crippen LogP contribution in [0.5, 0.6) is 0 Å². The number of ketones is 1. The van der Waals surface area contributed by atoms with Crippen LogP contribution < -0.4 is 0 Å². The molecular weight excluding hydrogens is 416 g/mol. The Labute approximate surface area is 192 Å². The predicted octanol–water partition coefficient (Wildman–Crippen LogP) is 4.68. The highest BCUT2D eigenvalue weighted by molar-refractivity contribution is 5.94. The van der Waals surface area contributed by atoms with Crippen LogP contribution >= 0.6 is 0 Å². The van der Waals surface area contributed by atoms with Gasteiger partial charge in [0.15, 0.2) is 5.78 Å². The Morgan fingerprint density at radius 2 is 1.27 bits per heavy atom. The molecule has 1 aliphatic carbocycles. The monoisotopic (exact) mass is 440 g/mol. The van der Waals surface area contributed by atoms with Gasteiger partial charge < -0.3 is 9.47 Å². The molecule has 0 saturated heterocycles. The quantitative estimate of drug-likeness (QED) is 0.499. The summed E-state index contributed by atoms with van der Waals surface area (Å²) in [5.41, 5.74) is 1.83. The SMILES string of the molecule is O=C(OC[C@@H]1[C@@H](OC(=O)c2ccccc2)C=CC(=O)[C@H]1Cc1ccccc1)c1ccccc1. The molecule has 0 unspecified atom stereocenters. The summed E-state index contributed by atoms with van der Waals surface area (Å²) in [6, 6.07) is 27.0. The summed E-state index contributed by atoms with van der Waals surface area (Å²) < 4.78 is 11.4. The van der Waals surface area contributed by atoms with E-state index >= 15 is 0 Å². The van der Waals surface area contributed by atoms with Gasteiger partial charge in [0, 0.05) is 11.8 Å². The lowest BCUT2D eigenvalue weighted by molar-refractivity contribution is -0.123. The van der Waals surface area contributed by atoms with Gasteiger partial charge in [-0.2, -0.15) is 0 Å². The molecule has 0 heterocycles. The van der Waals surface area contributed by atoms with Crippen molar-refractivity contribution < 1.29 is 23.9 Å². The summed E-state index contributed by atoms with van der Waals surface area (Å²) in [5, 5.41) is 0. The molecule has 1 aliphatic rings. The molecule has 5 heteroatoms. The molecule has 5 nitrogen and oxygen atoms in total. The largest absolute Gasteiger partial charge is 0.462 e. The minimum absolute atomic E-state index is 0.0476. The number of rotatable bonds is 7. The first-order valence-electron chi connectivity index (χ1n) is 10.9. The lowest BCUT2D eigenvalue weighted by Gasteiger charge is -2.33. The molecule has 0 saturated carbocycles. The minimum atomic E-state index is -0.701. The summed E-state index contributed by atoms with van der Waals surface area (Å²) in [5.74, 6) is -2.05. The van der Waals surface area contributed by atoms with Crippen molar-refractivity contribution in [1.82, 2.24) is 0 Å². The van der Waals surface area contributed by atoms with Crippen molar-refractivity contribution in [2.45, 2.75) is 12.5 Å². The fraction of sp³-hybridized carbons (Fsp3) is 0.179. The van der Waals surface area contributed by atoms with Gasteiger partial charge in [-0.1, -0.05) is 66.7 Å². The van der Waals surface area contributed by atoms with Crippen molar-refractivity contribution in [3.05, 3.63) is 120 Å². The molecule has 4 rings (SSSR count). The molecule has 0 aliphatic heterocycles. The molecule has 3 atom stereocenters. The maximum atomic E-state index is 12.9. The van der Waals surface area contributed by atoms with Crippen molar-refractivity contribution in [3.8, 4) is 0 Å². The Bertz CT molecular complexity index is 1120. The van der Waals surface area contributed by atoms with Crippen LogP contribution in [-0.2, 0) is 20.7 Å². The molecule has 166 valence electrons. The van der Waals surface area contributed by atoms with E-state index in [-0.39, 0.29) is 12.4 Å². The van der Waals surface area contributed by atoms with E-state index in [1.54, 1.807) is 54.6 Å². The molecule has 3 aromatic rings. The van der Waals surface area contributed by atoms with Crippen molar-refractivity contribution >= 4 is 17.7 Å². The number of ether oxygens (including phenoxy) is 2. The number of carbonyl (C=O) groups excluding carboxylic acids is 3. The van der Waals surface area contributed by atoms with E-state index in [0.717, 1.165) is 5.56 Å². The van der Waals surface area contributed by atoms with Crippen LogP contribution in [0.1, 0.15) is 26.3 Å². The van der Waals surface area contributed by atoms with Crippen LogP contribution in [0, 0.1) is 11.8 Å². The maximum Gasteiger partial charge on any atom is 0.338 e. The summed E-state index contributed by atoms with van der Waals surface area (Å²) in [4.78, 5) is 38.1. The first-order chi connectivity index (χ1) is 16.1. The third-order valence-corrected chi connectivity index (χ3v) is 5.72. The standard InChI is InChI=1S/C28H24O5/c29-25-16-17-26(33-28(31)22-14-8-3-9-15-22)24(23(25)18-20-10-4-1-5-11-20)19-32-27(30)21-12-6-2-7-13-21/h1-17,23-24,26H,18-19H2/t23-,24-,26-/m0/s1. The highest BCUT2D eigenvalue weighted by atomic mass is 16.6. The summed E-state index contributed by atoms with van der Waals surface area (Å²) in [6.45, 7) is -0.0476. The number of esters is 2. The van der Waals surface area contributed by atoms with E-state index in [2.05, 4.69) is 0 Å². The van der Waals surface area contributed by atoms with E-state index in [0.29, 0.717) is 17.5 Å². The van der Waals surface area contributed by atoms with E-state index in [1.165, 1.54) is 6.08 Å². The fourth-order valence-electron chi connectivity index (χ4n) is 3.95.